The second-order valence-corrected chi connectivity index (χ2v) is 5.23. The normalized spacial score (nSPS) is 11.0. The largest absolute Gasteiger partial charge is 0.493 e. The Morgan fingerprint density at radius 2 is 1.73 bits per heavy atom. The molecule has 112 valence electrons. The molecule has 5 heteroatoms. The van der Waals surface area contributed by atoms with Crippen molar-refractivity contribution in [3.05, 3.63) is 57.6 Å². The van der Waals surface area contributed by atoms with Gasteiger partial charge < -0.3 is 9.47 Å². The van der Waals surface area contributed by atoms with Gasteiger partial charge in [0.1, 0.15) is 0 Å². The van der Waals surface area contributed by atoms with E-state index in [-0.39, 0.29) is 0 Å². The van der Waals surface area contributed by atoms with Gasteiger partial charge in [-0.2, -0.15) is 5.26 Å². The first kappa shape index (κ1) is 16.2. The molecule has 0 radical (unpaired) electrons. The number of halogens is 2. The molecule has 0 aliphatic heterocycles. The van der Waals surface area contributed by atoms with E-state index in [1.807, 2.05) is 6.07 Å². The number of hydrogen-bond donors (Lipinski definition) is 0. The second kappa shape index (κ2) is 7.22. The fourth-order valence-electron chi connectivity index (χ4n) is 1.95. The number of hydrogen-bond acceptors (Lipinski definition) is 3. The van der Waals surface area contributed by atoms with Crippen molar-refractivity contribution in [2.75, 3.05) is 14.2 Å². The number of benzene rings is 2. The van der Waals surface area contributed by atoms with Crippen LogP contribution in [0.25, 0.3) is 11.6 Å². The van der Waals surface area contributed by atoms with Gasteiger partial charge in [-0.3, -0.25) is 0 Å². The molecule has 0 aliphatic rings. The zero-order valence-electron chi connectivity index (χ0n) is 12.1. The summed E-state index contributed by atoms with van der Waals surface area (Å²) < 4.78 is 10.5. The summed E-state index contributed by atoms with van der Waals surface area (Å²) in [6, 6.07) is 12.7. The maximum Gasteiger partial charge on any atom is 0.161 e. The summed E-state index contributed by atoms with van der Waals surface area (Å²) in [7, 11) is 3.14. The van der Waals surface area contributed by atoms with Crippen molar-refractivity contribution in [1.29, 1.82) is 5.26 Å². The number of rotatable bonds is 4. The first-order valence-electron chi connectivity index (χ1n) is 6.38. The molecule has 0 aliphatic carbocycles. The molecule has 0 N–H and O–H groups in total. The van der Waals surface area contributed by atoms with Gasteiger partial charge in [0.15, 0.2) is 11.5 Å². The minimum absolute atomic E-state index is 0.410. The highest BCUT2D eigenvalue weighted by molar-refractivity contribution is 6.42. The van der Waals surface area contributed by atoms with Crippen molar-refractivity contribution in [2.24, 2.45) is 0 Å². The fraction of sp³-hybridized carbons (Fsp3) is 0.118. The molecule has 3 nitrogen and oxygen atoms in total. The van der Waals surface area contributed by atoms with Crippen LogP contribution < -0.4 is 9.47 Å². The molecule has 0 unspecified atom stereocenters. The third-order valence-corrected chi connectivity index (χ3v) is 3.81. The van der Waals surface area contributed by atoms with Crippen molar-refractivity contribution >= 4 is 34.9 Å². The maximum atomic E-state index is 9.38. The lowest BCUT2D eigenvalue weighted by atomic mass is 10.0. The highest BCUT2D eigenvalue weighted by atomic mass is 35.5. The predicted molar refractivity (Wildman–Crippen MR) is 89.5 cm³/mol. The Hall–Kier alpha value is -2.15. The second-order valence-electron chi connectivity index (χ2n) is 4.41. The van der Waals surface area contributed by atoms with Crippen LogP contribution in [0.3, 0.4) is 0 Å². The standard InChI is InChI=1S/C17H13Cl2NO2/c1-21-16-6-3-11(8-17(16)22-2)7-13(10-20)12-4-5-14(18)15(19)9-12/h3-9H,1-2H3/b13-7-. The molecular weight excluding hydrogens is 321 g/mol. The van der Waals surface area contributed by atoms with Gasteiger partial charge in [-0.1, -0.05) is 35.3 Å². The van der Waals surface area contributed by atoms with Gasteiger partial charge in [-0.25, -0.2) is 0 Å². The van der Waals surface area contributed by atoms with Crippen LogP contribution >= 0.6 is 23.2 Å². The molecule has 0 spiro atoms. The van der Waals surface area contributed by atoms with E-state index in [2.05, 4.69) is 6.07 Å². The number of nitriles is 1. The van der Waals surface area contributed by atoms with Crippen molar-refractivity contribution in [1.82, 2.24) is 0 Å². The Balaban J connectivity index is 2.45. The minimum Gasteiger partial charge on any atom is -0.493 e. The third-order valence-electron chi connectivity index (χ3n) is 3.07. The van der Waals surface area contributed by atoms with E-state index in [0.29, 0.717) is 32.7 Å². The van der Waals surface area contributed by atoms with Gasteiger partial charge in [0, 0.05) is 0 Å². The Morgan fingerprint density at radius 3 is 2.32 bits per heavy atom. The van der Waals surface area contributed by atoms with E-state index in [1.54, 1.807) is 50.6 Å². The van der Waals surface area contributed by atoms with Gasteiger partial charge in [0.05, 0.1) is 35.9 Å². The smallest absolute Gasteiger partial charge is 0.161 e. The van der Waals surface area contributed by atoms with Crippen molar-refractivity contribution in [2.45, 2.75) is 0 Å². The molecule has 2 aromatic rings. The summed E-state index contributed by atoms with van der Waals surface area (Å²) >= 11 is 11.9. The Bertz CT molecular complexity index is 764. The number of ether oxygens (including phenoxy) is 2. The van der Waals surface area contributed by atoms with Crippen LogP contribution in [-0.2, 0) is 0 Å². The lowest BCUT2D eigenvalue weighted by molar-refractivity contribution is 0.355. The highest BCUT2D eigenvalue weighted by Crippen LogP contribution is 2.30. The molecule has 0 atom stereocenters. The van der Waals surface area contributed by atoms with Crippen LogP contribution in [0, 0.1) is 11.3 Å². The number of allylic oxidation sites excluding steroid dienone is 1. The molecule has 0 bridgehead atoms. The lowest BCUT2D eigenvalue weighted by Gasteiger charge is -2.08. The lowest BCUT2D eigenvalue weighted by Crippen LogP contribution is -1.91. The quantitative estimate of drug-likeness (QED) is 0.579. The number of methoxy groups -OCH3 is 2. The molecule has 2 aromatic carbocycles. The van der Waals surface area contributed by atoms with Crippen LogP contribution in [0.4, 0.5) is 0 Å². The average molecular weight is 334 g/mol. The van der Waals surface area contributed by atoms with Crippen molar-refractivity contribution in [3.8, 4) is 17.6 Å². The molecule has 0 amide bonds. The number of nitrogens with zero attached hydrogens (tertiary/aromatic N) is 1. The topological polar surface area (TPSA) is 42.2 Å². The molecule has 0 saturated carbocycles. The molecule has 2 rings (SSSR count). The van der Waals surface area contributed by atoms with Crippen LogP contribution in [-0.4, -0.2) is 14.2 Å². The van der Waals surface area contributed by atoms with Gasteiger partial charge in [0.25, 0.3) is 0 Å². The monoisotopic (exact) mass is 333 g/mol. The Morgan fingerprint density at radius 1 is 1.00 bits per heavy atom. The maximum absolute atomic E-state index is 9.38. The molecule has 0 fully saturated rings. The zero-order chi connectivity index (χ0) is 16.1. The summed E-state index contributed by atoms with van der Waals surface area (Å²) in [5.74, 6) is 1.23. The summed E-state index contributed by atoms with van der Waals surface area (Å²) in [6.45, 7) is 0. The minimum atomic E-state index is 0.410. The zero-order valence-corrected chi connectivity index (χ0v) is 13.6. The van der Waals surface area contributed by atoms with E-state index >= 15 is 0 Å². The van der Waals surface area contributed by atoms with Crippen LogP contribution in [0.1, 0.15) is 11.1 Å². The van der Waals surface area contributed by atoms with Gasteiger partial charge in [-0.15, -0.1) is 0 Å². The molecule has 0 saturated heterocycles. The molecule has 0 aromatic heterocycles. The fourth-order valence-corrected chi connectivity index (χ4v) is 2.25. The summed E-state index contributed by atoms with van der Waals surface area (Å²) in [6.07, 6.45) is 1.75. The summed E-state index contributed by atoms with van der Waals surface area (Å²) in [5, 5.41) is 10.2. The van der Waals surface area contributed by atoms with E-state index in [0.717, 1.165) is 5.56 Å². The average Bonchev–Trinajstić information content (AvgIpc) is 2.55. The van der Waals surface area contributed by atoms with Crippen LogP contribution in [0.15, 0.2) is 36.4 Å². The summed E-state index contributed by atoms with van der Waals surface area (Å²) in [5.41, 5.74) is 2.00. The van der Waals surface area contributed by atoms with Gasteiger partial charge in [-0.05, 0) is 41.5 Å². The van der Waals surface area contributed by atoms with Crippen molar-refractivity contribution in [3.63, 3.8) is 0 Å². The molecule has 0 heterocycles. The van der Waals surface area contributed by atoms with E-state index in [9.17, 15) is 5.26 Å². The molecular formula is C17H13Cl2NO2. The Labute approximate surface area is 139 Å². The van der Waals surface area contributed by atoms with E-state index < -0.39 is 0 Å². The first-order valence-corrected chi connectivity index (χ1v) is 7.14. The predicted octanol–water partition coefficient (Wildman–Crippen LogP) is 5.07. The van der Waals surface area contributed by atoms with Gasteiger partial charge in [0.2, 0.25) is 0 Å². The van der Waals surface area contributed by atoms with Gasteiger partial charge >= 0.3 is 0 Å². The van der Waals surface area contributed by atoms with E-state index in [4.69, 9.17) is 32.7 Å². The highest BCUT2D eigenvalue weighted by Gasteiger charge is 2.07. The SMILES string of the molecule is COc1ccc(/C=C(/C#N)c2ccc(Cl)c(Cl)c2)cc1OC. The summed E-state index contributed by atoms with van der Waals surface area (Å²) in [4.78, 5) is 0. The van der Waals surface area contributed by atoms with E-state index in [1.165, 1.54) is 0 Å². The Kier molecular flexibility index (Phi) is 5.32. The van der Waals surface area contributed by atoms with Crippen LogP contribution in [0.2, 0.25) is 10.0 Å². The molecule has 22 heavy (non-hydrogen) atoms. The first-order chi connectivity index (χ1) is 10.6. The van der Waals surface area contributed by atoms with Crippen molar-refractivity contribution < 1.29 is 9.47 Å². The third kappa shape index (κ3) is 3.54. The van der Waals surface area contributed by atoms with Crippen LogP contribution in [0.5, 0.6) is 11.5 Å².